The molecule has 0 heteroatoms. The molecule has 0 aromatic rings. The fraction of sp³-hybridized carbons (Fsp3) is 1.00. The number of hydrogen-bond donors (Lipinski definition) is 0. The molecule has 2 bridgehead atoms. The molecule has 0 spiro atoms. The van der Waals surface area contributed by atoms with Gasteiger partial charge in [0, 0.05) is 0 Å². The van der Waals surface area contributed by atoms with Crippen LogP contribution in [0.4, 0.5) is 0 Å². The van der Waals surface area contributed by atoms with Crippen LogP contribution in [0, 0.1) is 46.3 Å². The van der Waals surface area contributed by atoms with Gasteiger partial charge in [-0.2, -0.15) is 0 Å². The Morgan fingerprint density at radius 1 is 0.810 bits per heavy atom. The molecule has 0 radical (unpaired) electrons. The third kappa shape index (κ3) is 3.06. The molecule has 0 heterocycles. The predicted octanol–water partition coefficient (Wildman–Crippen LogP) is 6.55. The van der Waals surface area contributed by atoms with Crippen molar-refractivity contribution in [1.82, 2.24) is 0 Å². The van der Waals surface area contributed by atoms with E-state index in [1.807, 2.05) is 0 Å². The van der Waals surface area contributed by atoms with Crippen molar-refractivity contribution in [2.24, 2.45) is 46.3 Å². The van der Waals surface area contributed by atoms with Gasteiger partial charge in [0.15, 0.2) is 0 Å². The lowest BCUT2D eigenvalue weighted by molar-refractivity contribution is -0.109. The number of fused-ring (bicyclic) bond motifs is 2. The van der Waals surface area contributed by atoms with Crippen molar-refractivity contribution in [1.29, 1.82) is 0 Å². The van der Waals surface area contributed by atoms with E-state index >= 15 is 0 Å². The Labute approximate surface area is 133 Å². The van der Waals surface area contributed by atoms with Crippen LogP contribution in [0.2, 0.25) is 0 Å². The van der Waals surface area contributed by atoms with E-state index < -0.39 is 0 Å². The molecule has 0 nitrogen and oxygen atoms in total. The summed E-state index contributed by atoms with van der Waals surface area (Å²) < 4.78 is 0. The normalized spacial score (nSPS) is 43.7. The van der Waals surface area contributed by atoms with E-state index in [0.29, 0.717) is 10.8 Å². The van der Waals surface area contributed by atoms with Crippen molar-refractivity contribution in [3.63, 3.8) is 0 Å². The third-order valence-corrected chi connectivity index (χ3v) is 7.18. The zero-order chi connectivity index (χ0) is 15.4. The fourth-order valence-electron chi connectivity index (χ4n) is 6.69. The summed E-state index contributed by atoms with van der Waals surface area (Å²) in [7, 11) is 0. The van der Waals surface area contributed by atoms with Crippen molar-refractivity contribution in [2.45, 2.75) is 86.5 Å². The molecule has 4 aliphatic rings. The molecular weight excluding hydrogens is 252 g/mol. The average molecular weight is 291 g/mol. The standard InChI is InChI=1S/C21H38/c1-20(2,3)13-15-8-7-9-17-16-11-10-14(19(15)17)12-18(16)21(4,5)6/h14-19H,7-13H2,1-6H3. The first-order valence-corrected chi connectivity index (χ1v) is 9.67. The van der Waals surface area contributed by atoms with Crippen molar-refractivity contribution in [3.05, 3.63) is 0 Å². The first kappa shape index (κ1) is 15.9. The fourth-order valence-corrected chi connectivity index (χ4v) is 6.69. The van der Waals surface area contributed by atoms with Crippen LogP contribution in [0.5, 0.6) is 0 Å². The highest BCUT2D eigenvalue weighted by Crippen LogP contribution is 2.62. The van der Waals surface area contributed by atoms with E-state index in [4.69, 9.17) is 0 Å². The number of hydrogen-bond acceptors (Lipinski definition) is 0. The SMILES string of the molecule is CC(C)(C)CC1CCCC2C3CCC(CC3C(C)(C)C)C12. The van der Waals surface area contributed by atoms with Gasteiger partial charge in [-0.05, 0) is 78.4 Å². The maximum Gasteiger partial charge on any atom is -0.0326 e. The third-order valence-electron chi connectivity index (χ3n) is 7.18. The van der Waals surface area contributed by atoms with E-state index in [1.165, 1.54) is 19.3 Å². The summed E-state index contributed by atoms with van der Waals surface area (Å²) in [4.78, 5) is 0. The second-order valence-electron chi connectivity index (χ2n) is 10.9. The molecule has 0 saturated heterocycles. The molecule has 0 N–H and O–H groups in total. The maximum atomic E-state index is 2.50. The van der Waals surface area contributed by atoms with Gasteiger partial charge in [-0.3, -0.25) is 0 Å². The summed E-state index contributed by atoms with van der Waals surface area (Å²) in [5.74, 6) is 6.35. The van der Waals surface area contributed by atoms with Crippen LogP contribution in [0.15, 0.2) is 0 Å². The van der Waals surface area contributed by atoms with Crippen LogP contribution < -0.4 is 0 Å². The van der Waals surface area contributed by atoms with Gasteiger partial charge in [-0.1, -0.05) is 54.4 Å². The van der Waals surface area contributed by atoms with E-state index in [-0.39, 0.29) is 0 Å². The molecule has 0 aliphatic heterocycles. The van der Waals surface area contributed by atoms with Crippen molar-refractivity contribution in [2.75, 3.05) is 0 Å². The molecule has 4 rings (SSSR count). The highest BCUT2D eigenvalue weighted by molar-refractivity contribution is 5.03. The minimum Gasteiger partial charge on any atom is -0.0602 e. The lowest BCUT2D eigenvalue weighted by Gasteiger charge is -2.60. The second-order valence-corrected chi connectivity index (χ2v) is 10.9. The molecule has 6 atom stereocenters. The minimum atomic E-state index is 0.521. The van der Waals surface area contributed by atoms with Gasteiger partial charge in [0.25, 0.3) is 0 Å². The average Bonchev–Trinajstić information content (AvgIpc) is 2.36. The van der Waals surface area contributed by atoms with Crippen LogP contribution in [0.1, 0.15) is 86.5 Å². The first-order valence-electron chi connectivity index (χ1n) is 9.67. The zero-order valence-corrected chi connectivity index (χ0v) is 15.4. The molecule has 0 aromatic heterocycles. The van der Waals surface area contributed by atoms with Crippen molar-refractivity contribution in [3.8, 4) is 0 Å². The van der Waals surface area contributed by atoms with Gasteiger partial charge in [0.2, 0.25) is 0 Å². The monoisotopic (exact) mass is 290 g/mol. The number of rotatable bonds is 1. The summed E-state index contributed by atoms with van der Waals surface area (Å²) in [5, 5.41) is 0. The van der Waals surface area contributed by atoms with Crippen molar-refractivity contribution < 1.29 is 0 Å². The van der Waals surface area contributed by atoms with Gasteiger partial charge in [-0.25, -0.2) is 0 Å². The van der Waals surface area contributed by atoms with Gasteiger partial charge >= 0.3 is 0 Å². The first-order chi connectivity index (χ1) is 9.67. The Hall–Kier alpha value is 0. The Balaban J connectivity index is 1.81. The van der Waals surface area contributed by atoms with E-state index in [2.05, 4.69) is 41.5 Å². The highest BCUT2D eigenvalue weighted by atomic mass is 14.6. The van der Waals surface area contributed by atoms with Crippen molar-refractivity contribution >= 4 is 0 Å². The Morgan fingerprint density at radius 2 is 1.52 bits per heavy atom. The quantitative estimate of drug-likeness (QED) is 0.514. The Morgan fingerprint density at radius 3 is 2.14 bits per heavy atom. The van der Waals surface area contributed by atoms with Gasteiger partial charge < -0.3 is 0 Å². The predicted molar refractivity (Wildman–Crippen MR) is 92.2 cm³/mol. The molecule has 4 fully saturated rings. The Bertz CT molecular complexity index is 366. The summed E-state index contributed by atoms with van der Waals surface area (Å²) in [5.41, 5.74) is 1.05. The molecule has 4 aliphatic carbocycles. The zero-order valence-electron chi connectivity index (χ0n) is 15.4. The topological polar surface area (TPSA) is 0 Å². The van der Waals surface area contributed by atoms with Crippen LogP contribution in [0.25, 0.3) is 0 Å². The summed E-state index contributed by atoms with van der Waals surface area (Å²) in [6.45, 7) is 14.9. The van der Waals surface area contributed by atoms with Crippen LogP contribution in [-0.2, 0) is 0 Å². The van der Waals surface area contributed by atoms with Crippen LogP contribution >= 0.6 is 0 Å². The van der Waals surface area contributed by atoms with E-state index in [9.17, 15) is 0 Å². The molecule has 0 aromatic carbocycles. The van der Waals surface area contributed by atoms with E-state index in [0.717, 1.165) is 35.5 Å². The summed E-state index contributed by atoms with van der Waals surface area (Å²) in [6, 6.07) is 0. The maximum absolute atomic E-state index is 2.50. The molecule has 6 unspecified atom stereocenters. The second kappa shape index (κ2) is 5.27. The molecule has 4 saturated carbocycles. The molecule has 0 amide bonds. The highest BCUT2D eigenvalue weighted by Gasteiger charge is 2.54. The van der Waals surface area contributed by atoms with Gasteiger partial charge in [-0.15, -0.1) is 0 Å². The lowest BCUT2D eigenvalue weighted by atomic mass is 9.45. The van der Waals surface area contributed by atoms with E-state index in [1.54, 1.807) is 25.7 Å². The minimum absolute atomic E-state index is 0.521. The van der Waals surface area contributed by atoms with Crippen LogP contribution in [-0.4, -0.2) is 0 Å². The summed E-state index contributed by atoms with van der Waals surface area (Å²) in [6.07, 6.45) is 10.7. The molecular formula is C21H38. The van der Waals surface area contributed by atoms with Gasteiger partial charge in [0.1, 0.15) is 0 Å². The van der Waals surface area contributed by atoms with Crippen LogP contribution in [0.3, 0.4) is 0 Å². The Kier molecular flexibility index (Phi) is 3.99. The molecule has 122 valence electrons. The largest absolute Gasteiger partial charge is 0.0602 e. The summed E-state index contributed by atoms with van der Waals surface area (Å²) >= 11 is 0. The lowest BCUT2D eigenvalue weighted by Crippen LogP contribution is -2.52. The molecule has 21 heavy (non-hydrogen) atoms. The van der Waals surface area contributed by atoms with Gasteiger partial charge in [0.05, 0.1) is 0 Å². The smallest absolute Gasteiger partial charge is 0.0326 e.